The summed E-state index contributed by atoms with van der Waals surface area (Å²) in [4.78, 5) is 28.4. The van der Waals surface area contributed by atoms with Crippen LogP contribution in [0.5, 0.6) is 5.75 Å². The normalized spacial score (nSPS) is 11.2. The standard InChI is InChI=1S/C21H18F3N3O3S/c1-30-16-9-7-15(8-10-16)19(29)26-18(28)12-31-20-25-11-17(14-5-3-2-4-6-14)27(20)13-21(22,23)24/h2-11H,12-13H2,1H3,(H,26,28,29). The van der Waals surface area contributed by atoms with E-state index in [-0.39, 0.29) is 22.2 Å². The van der Waals surface area contributed by atoms with Crippen LogP contribution in [0.1, 0.15) is 10.4 Å². The number of thioether (sulfide) groups is 1. The van der Waals surface area contributed by atoms with E-state index in [1.165, 1.54) is 25.4 Å². The Hall–Kier alpha value is -3.27. The van der Waals surface area contributed by atoms with E-state index in [0.717, 1.165) is 16.3 Å². The van der Waals surface area contributed by atoms with Gasteiger partial charge >= 0.3 is 6.18 Å². The third kappa shape index (κ3) is 6.11. The van der Waals surface area contributed by atoms with Crippen LogP contribution in [-0.2, 0) is 11.3 Å². The zero-order chi connectivity index (χ0) is 22.4. The number of imidazole rings is 1. The van der Waals surface area contributed by atoms with Crippen molar-refractivity contribution in [1.82, 2.24) is 14.9 Å². The van der Waals surface area contributed by atoms with Crippen LogP contribution in [0.3, 0.4) is 0 Å². The largest absolute Gasteiger partial charge is 0.497 e. The van der Waals surface area contributed by atoms with Gasteiger partial charge in [-0.1, -0.05) is 42.1 Å². The third-order valence-electron chi connectivity index (χ3n) is 4.16. The lowest BCUT2D eigenvalue weighted by Crippen LogP contribution is -2.32. The highest BCUT2D eigenvalue weighted by molar-refractivity contribution is 7.99. The van der Waals surface area contributed by atoms with Crippen LogP contribution in [-0.4, -0.2) is 40.4 Å². The predicted octanol–water partition coefficient (Wildman–Crippen LogP) is 4.17. The number of carbonyl (C=O) groups is 2. The zero-order valence-electron chi connectivity index (χ0n) is 16.3. The summed E-state index contributed by atoms with van der Waals surface area (Å²) < 4.78 is 45.4. The number of nitrogens with zero attached hydrogens (tertiary/aromatic N) is 2. The van der Waals surface area contributed by atoms with E-state index in [2.05, 4.69) is 10.3 Å². The quantitative estimate of drug-likeness (QED) is 0.548. The predicted molar refractivity (Wildman–Crippen MR) is 110 cm³/mol. The Morgan fingerprint density at radius 2 is 1.77 bits per heavy atom. The van der Waals surface area contributed by atoms with Gasteiger partial charge < -0.3 is 9.30 Å². The van der Waals surface area contributed by atoms with Gasteiger partial charge in [-0.05, 0) is 29.8 Å². The highest BCUT2D eigenvalue weighted by atomic mass is 32.2. The fourth-order valence-electron chi connectivity index (χ4n) is 2.75. The number of benzene rings is 2. The summed E-state index contributed by atoms with van der Waals surface area (Å²) in [6, 6.07) is 14.7. The van der Waals surface area contributed by atoms with Gasteiger partial charge in [0.05, 0.1) is 24.8 Å². The first-order valence-electron chi connectivity index (χ1n) is 9.05. The van der Waals surface area contributed by atoms with E-state index in [1.807, 2.05) is 0 Å². The second kappa shape index (κ2) is 9.69. The average Bonchev–Trinajstić information content (AvgIpc) is 3.13. The van der Waals surface area contributed by atoms with Crippen LogP contribution >= 0.6 is 11.8 Å². The minimum atomic E-state index is -4.47. The van der Waals surface area contributed by atoms with Crippen molar-refractivity contribution in [3.8, 4) is 17.0 Å². The van der Waals surface area contributed by atoms with Gasteiger partial charge in [-0.2, -0.15) is 13.2 Å². The molecule has 0 radical (unpaired) electrons. The number of halogens is 3. The molecule has 0 saturated carbocycles. The molecule has 2 aromatic carbocycles. The minimum absolute atomic E-state index is 0.0308. The van der Waals surface area contributed by atoms with Crippen LogP contribution < -0.4 is 10.1 Å². The maximum atomic E-state index is 13.1. The van der Waals surface area contributed by atoms with Crippen molar-refractivity contribution in [2.24, 2.45) is 0 Å². The number of imide groups is 1. The summed E-state index contributed by atoms with van der Waals surface area (Å²) in [6.45, 7) is -1.24. The SMILES string of the molecule is COc1ccc(C(=O)NC(=O)CSc2ncc(-c3ccccc3)n2CC(F)(F)F)cc1. The summed E-state index contributed by atoms with van der Waals surface area (Å²) in [7, 11) is 1.49. The maximum Gasteiger partial charge on any atom is 0.406 e. The Balaban J connectivity index is 1.69. The monoisotopic (exact) mass is 449 g/mol. The average molecular weight is 449 g/mol. The molecule has 10 heteroatoms. The molecule has 31 heavy (non-hydrogen) atoms. The number of nitrogens with one attached hydrogen (secondary N) is 1. The molecule has 0 aliphatic heterocycles. The Bertz CT molecular complexity index is 1050. The molecule has 0 atom stereocenters. The van der Waals surface area contributed by atoms with Gasteiger partial charge in [-0.15, -0.1) is 0 Å². The van der Waals surface area contributed by atoms with Crippen molar-refractivity contribution in [2.75, 3.05) is 12.9 Å². The molecule has 1 aromatic heterocycles. The topological polar surface area (TPSA) is 73.2 Å². The number of methoxy groups -OCH3 is 1. The number of amides is 2. The first kappa shape index (κ1) is 22.4. The van der Waals surface area contributed by atoms with Crippen LogP contribution in [0.4, 0.5) is 13.2 Å². The fourth-order valence-corrected chi connectivity index (χ4v) is 3.53. The number of hydrogen-bond donors (Lipinski definition) is 1. The van der Waals surface area contributed by atoms with Crippen molar-refractivity contribution >= 4 is 23.6 Å². The molecule has 0 unspecified atom stereocenters. The van der Waals surface area contributed by atoms with Crippen LogP contribution in [0, 0.1) is 0 Å². The molecular formula is C21H18F3N3O3S. The van der Waals surface area contributed by atoms with E-state index in [0.29, 0.717) is 11.3 Å². The molecule has 6 nitrogen and oxygen atoms in total. The molecule has 3 rings (SSSR count). The number of carbonyl (C=O) groups excluding carboxylic acids is 2. The van der Waals surface area contributed by atoms with Gasteiger partial charge in [0.1, 0.15) is 12.3 Å². The third-order valence-corrected chi connectivity index (χ3v) is 5.15. The Morgan fingerprint density at radius 3 is 2.39 bits per heavy atom. The molecule has 3 aromatic rings. The van der Waals surface area contributed by atoms with E-state index in [9.17, 15) is 22.8 Å². The van der Waals surface area contributed by atoms with E-state index >= 15 is 0 Å². The lowest BCUT2D eigenvalue weighted by Gasteiger charge is -2.14. The highest BCUT2D eigenvalue weighted by Crippen LogP contribution is 2.30. The summed E-state index contributed by atoms with van der Waals surface area (Å²) >= 11 is 0.822. The maximum absolute atomic E-state index is 13.1. The smallest absolute Gasteiger partial charge is 0.406 e. The van der Waals surface area contributed by atoms with Gasteiger partial charge in [-0.25, -0.2) is 4.98 Å². The van der Waals surface area contributed by atoms with Gasteiger partial charge in [0.2, 0.25) is 5.91 Å². The molecule has 0 aliphatic rings. The van der Waals surface area contributed by atoms with E-state index in [4.69, 9.17) is 4.74 Å². The summed E-state index contributed by atoms with van der Waals surface area (Å²) in [5, 5.41) is 2.24. The highest BCUT2D eigenvalue weighted by Gasteiger charge is 2.31. The first-order chi connectivity index (χ1) is 14.8. The second-order valence-corrected chi connectivity index (χ2v) is 7.33. The molecular weight excluding hydrogens is 431 g/mol. The molecule has 0 bridgehead atoms. The van der Waals surface area contributed by atoms with E-state index in [1.54, 1.807) is 42.5 Å². The summed E-state index contributed by atoms with van der Waals surface area (Å²) in [5.74, 6) is -0.972. The molecule has 0 fully saturated rings. The van der Waals surface area contributed by atoms with Crippen LogP contribution in [0.15, 0.2) is 66.0 Å². The van der Waals surface area contributed by atoms with Gasteiger partial charge in [-0.3, -0.25) is 14.9 Å². The number of ether oxygens (including phenoxy) is 1. The van der Waals surface area contributed by atoms with Crippen molar-refractivity contribution in [3.05, 3.63) is 66.4 Å². The number of aromatic nitrogens is 2. The lowest BCUT2D eigenvalue weighted by atomic mass is 10.2. The van der Waals surface area contributed by atoms with E-state index < -0.39 is 24.5 Å². The molecule has 0 aliphatic carbocycles. The van der Waals surface area contributed by atoms with Crippen LogP contribution in [0.2, 0.25) is 0 Å². The Morgan fingerprint density at radius 1 is 1.10 bits per heavy atom. The van der Waals surface area contributed by atoms with Crippen molar-refractivity contribution in [1.29, 1.82) is 0 Å². The fraction of sp³-hybridized carbons (Fsp3) is 0.190. The van der Waals surface area contributed by atoms with Crippen molar-refractivity contribution in [2.45, 2.75) is 17.9 Å². The van der Waals surface area contributed by atoms with Crippen LogP contribution in [0.25, 0.3) is 11.3 Å². The Kier molecular flexibility index (Phi) is 7.01. The minimum Gasteiger partial charge on any atom is -0.497 e. The van der Waals surface area contributed by atoms with Crippen molar-refractivity contribution < 1.29 is 27.5 Å². The molecule has 0 spiro atoms. The Labute approximate surface area is 180 Å². The number of rotatable bonds is 7. The first-order valence-corrected chi connectivity index (χ1v) is 10.0. The molecule has 1 N–H and O–H groups in total. The molecule has 2 amide bonds. The molecule has 0 saturated heterocycles. The second-order valence-electron chi connectivity index (χ2n) is 6.39. The number of hydrogen-bond acceptors (Lipinski definition) is 5. The lowest BCUT2D eigenvalue weighted by molar-refractivity contribution is -0.141. The number of alkyl halides is 3. The molecule has 1 heterocycles. The van der Waals surface area contributed by atoms with Gasteiger partial charge in [0.25, 0.3) is 5.91 Å². The summed E-state index contributed by atoms with van der Waals surface area (Å²) in [5.41, 5.74) is 1.12. The zero-order valence-corrected chi connectivity index (χ0v) is 17.2. The van der Waals surface area contributed by atoms with Gasteiger partial charge in [0.15, 0.2) is 5.16 Å². The van der Waals surface area contributed by atoms with Crippen molar-refractivity contribution in [3.63, 3.8) is 0 Å². The molecule has 162 valence electrons. The van der Waals surface area contributed by atoms with Gasteiger partial charge in [0, 0.05) is 5.56 Å². The summed E-state index contributed by atoms with van der Waals surface area (Å²) in [6.07, 6.45) is -3.13.